The summed E-state index contributed by atoms with van der Waals surface area (Å²) in [5.41, 5.74) is 3.25. The van der Waals surface area contributed by atoms with Gasteiger partial charge in [0.1, 0.15) is 12.4 Å². The third-order valence-corrected chi connectivity index (χ3v) is 3.30. The molecule has 110 valence electrons. The molecular weight excluding hydrogens is 262 g/mol. The Kier molecular flexibility index (Phi) is 4.99. The normalized spacial score (nSPS) is 10.2. The van der Waals surface area contributed by atoms with E-state index in [0.717, 1.165) is 17.0 Å². The van der Waals surface area contributed by atoms with E-state index in [1.807, 2.05) is 62.4 Å². The Hall–Kier alpha value is -2.29. The minimum Gasteiger partial charge on any atom is -0.492 e. The Morgan fingerprint density at radius 2 is 1.76 bits per heavy atom. The van der Waals surface area contributed by atoms with Crippen LogP contribution < -0.4 is 9.64 Å². The van der Waals surface area contributed by atoms with Gasteiger partial charge in [-0.2, -0.15) is 0 Å². The van der Waals surface area contributed by atoms with Crippen LogP contribution in [-0.4, -0.2) is 19.1 Å². The second-order valence-corrected chi connectivity index (χ2v) is 5.17. The van der Waals surface area contributed by atoms with Gasteiger partial charge in [-0.15, -0.1) is 0 Å². The van der Waals surface area contributed by atoms with Crippen molar-refractivity contribution in [2.75, 3.05) is 18.1 Å². The quantitative estimate of drug-likeness (QED) is 0.836. The Bertz CT molecular complexity index is 605. The first-order chi connectivity index (χ1) is 10.1. The Labute approximate surface area is 126 Å². The molecule has 3 heteroatoms. The molecule has 0 N–H and O–H groups in total. The van der Waals surface area contributed by atoms with Crippen molar-refractivity contribution < 1.29 is 9.53 Å². The lowest BCUT2D eigenvalue weighted by Crippen LogP contribution is -2.32. The number of hydrogen-bond acceptors (Lipinski definition) is 2. The maximum atomic E-state index is 11.8. The maximum Gasteiger partial charge on any atom is 0.223 e. The van der Waals surface area contributed by atoms with Gasteiger partial charge in [0, 0.05) is 12.6 Å². The van der Waals surface area contributed by atoms with Crippen molar-refractivity contribution in [2.24, 2.45) is 0 Å². The molecule has 2 aromatic carbocycles. The molecule has 0 unspecified atom stereocenters. The summed E-state index contributed by atoms with van der Waals surface area (Å²) in [6.07, 6.45) is 0. The van der Waals surface area contributed by atoms with Crippen molar-refractivity contribution in [3.05, 3.63) is 59.7 Å². The lowest BCUT2D eigenvalue weighted by Gasteiger charge is -2.21. The standard InChI is InChI=1S/C18H21NO2/c1-14-7-9-18(10-8-14)21-12-11-19(16(3)20)17-6-4-5-15(2)13-17/h4-10,13H,11-12H2,1-3H3. The number of rotatable bonds is 5. The van der Waals surface area contributed by atoms with Crippen LogP contribution in [0.1, 0.15) is 18.1 Å². The van der Waals surface area contributed by atoms with Crippen molar-refractivity contribution >= 4 is 11.6 Å². The van der Waals surface area contributed by atoms with Crippen molar-refractivity contribution in [3.63, 3.8) is 0 Å². The van der Waals surface area contributed by atoms with Crippen LogP contribution in [0.3, 0.4) is 0 Å². The predicted octanol–water partition coefficient (Wildman–Crippen LogP) is 3.74. The lowest BCUT2D eigenvalue weighted by molar-refractivity contribution is -0.116. The van der Waals surface area contributed by atoms with E-state index < -0.39 is 0 Å². The van der Waals surface area contributed by atoms with Gasteiger partial charge in [-0.3, -0.25) is 4.79 Å². The van der Waals surface area contributed by atoms with Crippen LogP contribution in [0.15, 0.2) is 48.5 Å². The first-order valence-corrected chi connectivity index (χ1v) is 7.10. The van der Waals surface area contributed by atoms with Gasteiger partial charge in [-0.05, 0) is 43.7 Å². The van der Waals surface area contributed by atoms with Gasteiger partial charge in [-0.1, -0.05) is 29.8 Å². The molecule has 0 fully saturated rings. The number of hydrogen-bond donors (Lipinski definition) is 0. The van der Waals surface area contributed by atoms with E-state index in [9.17, 15) is 4.79 Å². The number of benzene rings is 2. The van der Waals surface area contributed by atoms with Crippen molar-refractivity contribution in [3.8, 4) is 5.75 Å². The number of ether oxygens (including phenoxy) is 1. The fourth-order valence-corrected chi connectivity index (χ4v) is 2.15. The predicted molar refractivity (Wildman–Crippen MR) is 85.9 cm³/mol. The SMILES string of the molecule is CC(=O)N(CCOc1ccc(C)cc1)c1cccc(C)c1. The van der Waals surface area contributed by atoms with Crippen LogP contribution in [-0.2, 0) is 4.79 Å². The highest BCUT2D eigenvalue weighted by atomic mass is 16.5. The second kappa shape index (κ2) is 6.93. The zero-order chi connectivity index (χ0) is 15.2. The fourth-order valence-electron chi connectivity index (χ4n) is 2.15. The molecule has 0 aromatic heterocycles. The summed E-state index contributed by atoms with van der Waals surface area (Å²) in [5.74, 6) is 0.849. The van der Waals surface area contributed by atoms with Crippen LogP contribution in [0.2, 0.25) is 0 Å². The van der Waals surface area contributed by atoms with E-state index in [1.165, 1.54) is 5.56 Å². The van der Waals surface area contributed by atoms with Crippen molar-refractivity contribution in [2.45, 2.75) is 20.8 Å². The van der Waals surface area contributed by atoms with Gasteiger partial charge in [0.05, 0.1) is 6.54 Å². The summed E-state index contributed by atoms with van der Waals surface area (Å²) in [4.78, 5) is 13.6. The monoisotopic (exact) mass is 283 g/mol. The highest BCUT2D eigenvalue weighted by molar-refractivity contribution is 5.91. The highest BCUT2D eigenvalue weighted by Gasteiger charge is 2.11. The largest absolute Gasteiger partial charge is 0.492 e. The topological polar surface area (TPSA) is 29.5 Å². The number of nitrogens with zero attached hydrogens (tertiary/aromatic N) is 1. The summed E-state index contributed by atoms with van der Waals surface area (Å²) in [5, 5.41) is 0. The van der Waals surface area contributed by atoms with Crippen LogP contribution >= 0.6 is 0 Å². The average Bonchev–Trinajstić information content (AvgIpc) is 2.45. The minimum atomic E-state index is 0.0214. The third kappa shape index (κ3) is 4.35. The third-order valence-electron chi connectivity index (χ3n) is 3.30. The van der Waals surface area contributed by atoms with Crippen LogP contribution in [0, 0.1) is 13.8 Å². The van der Waals surface area contributed by atoms with E-state index in [0.29, 0.717) is 13.2 Å². The molecule has 0 aliphatic heterocycles. The van der Waals surface area contributed by atoms with Crippen molar-refractivity contribution in [1.82, 2.24) is 0 Å². The zero-order valence-corrected chi connectivity index (χ0v) is 12.8. The molecule has 0 bridgehead atoms. The van der Waals surface area contributed by atoms with Gasteiger partial charge in [0.25, 0.3) is 0 Å². The van der Waals surface area contributed by atoms with Crippen molar-refractivity contribution in [1.29, 1.82) is 0 Å². The van der Waals surface area contributed by atoms with Gasteiger partial charge in [0.15, 0.2) is 0 Å². The number of carbonyl (C=O) groups excluding carboxylic acids is 1. The Morgan fingerprint density at radius 3 is 2.38 bits per heavy atom. The molecule has 0 saturated carbocycles. The Balaban J connectivity index is 1.98. The lowest BCUT2D eigenvalue weighted by atomic mass is 10.2. The second-order valence-electron chi connectivity index (χ2n) is 5.17. The molecule has 0 aliphatic rings. The van der Waals surface area contributed by atoms with Gasteiger partial charge < -0.3 is 9.64 Å². The van der Waals surface area contributed by atoms with Gasteiger partial charge >= 0.3 is 0 Å². The van der Waals surface area contributed by atoms with E-state index in [1.54, 1.807) is 11.8 Å². The molecule has 2 aromatic rings. The first kappa shape index (κ1) is 15.1. The van der Waals surface area contributed by atoms with E-state index in [2.05, 4.69) is 0 Å². The number of carbonyl (C=O) groups is 1. The minimum absolute atomic E-state index is 0.0214. The van der Waals surface area contributed by atoms with Gasteiger partial charge in [-0.25, -0.2) is 0 Å². The summed E-state index contributed by atoms with van der Waals surface area (Å²) in [6, 6.07) is 15.8. The molecule has 0 aliphatic carbocycles. The van der Waals surface area contributed by atoms with E-state index in [4.69, 9.17) is 4.74 Å². The smallest absolute Gasteiger partial charge is 0.223 e. The van der Waals surface area contributed by atoms with Gasteiger partial charge in [0.2, 0.25) is 5.91 Å². The summed E-state index contributed by atoms with van der Waals surface area (Å²) < 4.78 is 5.70. The molecule has 0 heterocycles. The fraction of sp³-hybridized carbons (Fsp3) is 0.278. The molecule has 0 radical (unpaired) electrons. The van der Waals surface area contributed by atoms with Crippen LogP contribution in [0.25, 0.3) is 0 Å². The summed E-state index contributed by atoms with van der Waals surface area (Å²) >= 11 is 0. The molecule has 2 rings (SSSR count). The number of amides is 1. The highest BCUT2D eigenvalue weighted by Crippen LogP contribution is 2.16. The number of aryl methyl sites for hydroxylation is 2. The number of anilines is 1. The Morgan fingerprint density at radius 1 is 1.05 bits per heavy atom. The molecule has 1 amide bonds. The molecule has 3 nitrogen and oxygen atoms in total. The van der Waals surface area contributed by atoms with Crippen LogP contribution in [0.5, 0.6) is 5.75 Å². The summed E-state index contributed by atoms with van der Waals surface area (Å²) in [6.45, 7) is 6.64. The van der Waals surface area contributed by atoms with E-state index in [-0.39, 0.29) is 5.91 Å². The first-order valence-electron chi connectivity index (χ1n) is 7.10. The maximum absolute atomic E-state index is 11.8. The molecular formula is C18H21NO2. The molecule has 0 saturated heterocycles. The molecule has 21 heavy (non-hydrogen) atoms. The molecule has 0 atom stereocenters. The van der Waals surface area contributed by atoms with Crippen LogP contribution in [0.4, 0.5) is 5.69 Å². The van der Waals surface area contributed by atoms with E-state index >= 15 is 0 Å². The zero-order valence-electron chi connectivity index (χ0n) is 12.8. The summed E-state index contributed by atoms with van der Waals surface area (Å²) in [7, 11) is 0. The average molecular weight is 283 g/mol. The molecule has 0 spiro atoms.